The Morgan fingerprint density at radius 2 is 1.69 bits per heavy atom. The van der Waals surface area contributed by atoms with Crippen LogP contribution in [0.4, 0.5) is 5.69 Å². The van der Waals surface area contributed by atoms with Gasteiger partial charge in [-0.2, -0.15) is 0 Å². The maximum absolute atomic E-state index is 12.7. The topological polar surface area (TPSA) is 58.2 Å². The number of para-hydroxylation sites is 1. The smallest absolute Gasteiger partial charge is 0.238 e. The monoisotopic (exact) mass is 364 g/mol. The van der Waals surface area contributed by atoms with Gasteiger partial charge in [-0.15, -0.1) is 11.3 Å². The molecule has 0 saturated heterocycles. The quantitative estimate of drug-likeness (QED) is 0.616. The van der Waals surface area contributed by atoms with E-state index in [-0.39, 0.29) is 24.3 Å². The highest BCUT2D eigenvalue weighted by molar-refractivity contribution is 7.10. The van der Waals surface area contributed by atoms with E-state index in [1.165, 1.54) is 4.88 Å². The van der Waals surface area contributed by atoms with Crippen molar-refractivity contribution in [3.63, 3.8) is 0 Å². The summed E-state index contributed by atoms with van der Waals surface area (Å²) in [6.07, 6.45) is 0. The van der Waals surface area contributed by atoms with Crippen LogP contribution in [0.25, 0.3) is 0 Å². The van der Waals surface area contributed by atoms with Crippen LogP contribution in [-0.2, 0) is 4.79 Å². The average molecular weight is 364 g/mol. The normalized spacial score (nSPS) is 11.7. The summed E-state index contributed by atoms with van der Waals surface area (Å²) in [6, 6.07) is 20.3. The molecule has 0 bridgehead atoms. The second-order valence-electron chi connectivity index (χ2n) is 5.91. The van der Waals surface area contributed by atoms with Crippen molar-refractivity contribution < 1.29 is 9.59 Å². The number of hydrogen-bond acceptors (Lipinski definition) is 4. The van der Waals surface area contributed by atoms with Gasteiger partial charge in [0, 0.05) is 22.0 Å². The lowest BCUT2D eigenvalue weighted by Crippen LogP contribution is -2.30. The number of anilines is 1. The number of thiophene rings is 1. The van der Waals surface area contributed by atoms with Gasteiger partial charge in [0.25, 0.3) is 0 Å². The number of rotatable bonds is 7. The summed E-state index contributed by atoms with van der Waals surface area (Å²) in [7, 11) is 0. The molecule has 0 saturated carbocycles. The minimum Gasteiger partial charge on any atom is -0.324 e. The van der Waals surface area contributed by atoms with Crippen LogP contribution in [0.2, 0.25) is 0 Å². The third-order valence-corrected chi connectivity index (χ3v) is 5.08. The van der Waals surface area contributed by atoms with Gasteiger partial charge in [0.2, 0.25) is 5.91 Å². The zero-order valence-electron chi connectivity index (χ0n) is 14.4. The Morgan fingerprint density at radius 1 is 0.962 bits per heavy atom. The SMILES string of the molecule is C[C@H](NCC(=O)Nc1ccccc1C(=O)c1ccccc1)c1cccs1. The van der Waals surface area contributed by atoms with Crippen molar-refractivity contribution in [2.45, 2.75) is 13.0 Å². The molecule has 26 heavy (non-hydrogen) atoms. The van der Waals surface area contributed by atoms with Crippen LogP contribution >= 0.6 is 11.3 Å². The number of amides is 1. The highest BCUT2D eigenvalue weighted by atomic mass is 32.1. The fraction of sp³-hybridized carbons (Fsp3) is 0.143. The minimum absolute atomic E-state index is 0.0990. The van der Waals surface area contributed by atoms with Crippen molar-refractivity contribution in [2.75, 3.05) is 11.9 Å². The lowest BCUT2D eigenvalue weighted by Gasteiger charge is -2.14. The molecule has 3 rings (SSSR count). The molecule has 132 valence electrons. The summed E-state index contributed by atoms with van der Waals surface area (Å²) in [5, 5.41) is 8.05. The van der Waals surface area contributed by atoms with E-state index in [9.17, 15) is 9.59 Å². The predicted octanol–water partition coefficient (Wildman–Crippen LogP) is 4.27. The van der Waals surface area contributed by atoms with E-state index in [0.717, 1.165) is 0 Å². The van der Waals surface area contributed by atoms with Gasteiger partial charge in [-0.3, -0.25) is 9.59 Å². The third-order valence-electron chi connectivity index (χ3n) is 4.02. The molecule has 1 amide bonds. The number of carbonyl (C=O) groups is 2. The van der Waals surface area contributed by atoms with Crippen LogP contribution in [0.15, 0.2) is 72.1 Å². The molecule has 0 aliphatic heterocycles. The Kier molecular flexibility index (Phi) is 5.94. The Hall–Kier alpha value is -2.76. The molecular weight excluding hydrogens is 344 g/mol. The van der Waals surface area contributed by atoms with Crippen LogP contribution in [0.3, 0.4) is 0 Å². The average Bonchev–Trinajstić information content (AvgIpc) is 3.21. The van der Waals surface area contributed by atoms with Gasteiger partial charge >= 0.3 is 0 Å². The van der Waals surface area contributed by atoms with Gasteiger partial charge in [-0.25, -0.2) is 0 Å². The zero-order valence-corrected chi connectivity index (χ0v) is 15.3. The van der Waals surface area contributed by atoms with Crippen LogP contribution in [0, 0.1) is 0 Å². The third kappa shape index (κ3) is 4.45. The van der Waals surface area contributed by atoms with Crippen LogP contribution in [0.1, 0.15) is 33.8 Å². The molecule has 1 heterocycles. The van der Waals surface area contributed by atoms with E-state index in [2.05, 4.69) is 10.6 Å². The molecular formula is C21H20N2O2S. The van der Waals surface area contributed by atoms with Crippen LogP contribution in [0.5, 0.6) is 0 Å². The van der Waals surface area contributed by atoms with Crippen LogP contribution < -0.4 is 10.6 Å². The first kappa shape index (κ1) is 18.0. The molecule has 5 heteroatoms. The minimum atomic E-state index is -0.179. The fourth-order valence-electron chi connectivity index (χ4n) is 2.61. The number of hydrogen-bond donors (Lipinski definition) is 2. The molecule has 1 atom stereocenters. The fourth-order valence-corrected chi connectivity index (χ4v) is 3.37. The van der Waals surface area contributed by atoms with Crippen molar-refractivity contribution in [3.05, 3.63) is 88.1 Å². The molecule has 0 fully saturated rings. The maximum atomic E-state index is 12.7. The summed E-state index contributed by atoms with van der Waals surface area (Å²) >= 11 is 1.65. The first-order chi connectivity index (χ1) is 12.6. The summed E-state index contributed by atoms with van der Waals surface area (Å²) in [5.74, 6) is -0.289. The largest absolute Gasteiger partial charge is 0.324 e. The van der Waals surface area contributed by atoms with Gasteiger partial charge in [-0.05, 0) is 30.5 Å². The maximum Gasteiger partial charge on any atom is 0.238 e. The predicted molar refractivity (Wildman–Crippen MR) is 106 cm³/mol. The van der Waals surface area contributed by atoms with Crippen molar-refractivity contribution in [1.82, 2.24) is 5.32 Å². The highest BCUT2D eigenvalue weighted by Crippen LogP contribution is 2.20. The summed E-state index contributed by atoms with van der Waals surface area (Å²) in [6.45, 7) is 2.19. The molecule has 0 unspecified atom stereocenters. The number of ketones is 1. The Labute approximate surface area is 156 Å². The van der Waals surface area contributed by atoms with E-state index < -0.39 is 0 Å². The van der Waals surface area contributed by atoms with Gasteiger partial charge in [0.05, 0.1) is 12.2 Å². The van der Waals surface area contributed by atoms with E-state index in [0.29, 0.717) is 16.8 Å². The molecule has 2 N–H and O–H groups in total. The summed E-state index contributed by atoms with van der Waals surface area (Å²) < 4.78 is 0. The molecule has 4 nitrogen and oxygen atoms in total. The van der Waals surface area contributed by atoms with Gasteiger partial charge in [0.1, 0.15) is 0 Å². The van der Waals surface area contributed by atoms with Crippen molar-refractivity contribution >= 4 is 28.7 Å². The first-order valence-corrected chi connectivity index (χ1v) is 9.28. The second kappa shape index (κ2) is 8.56. The number of carbonyl (C=O) groups excluding carboxylic acids is 2. The van der Waals surface area contributed by atoms with E-state index in [1.54, 1.807) is 47.7 Å². The highest BCUT2D eigenvalue weighted by Gasteiger charge is 2.15. The van der Waals surface area contributed by atoms with Gasteiger partial charge < -0.3 is 10.6 Å². The lowest BCUT2D eigenvalue weighted by atomic mass is 10.0. The van der Waals surface area contributed by atoms with Gasteiger partial charge in [0.15, 0.2) is 5.78 Å². The van der Waals surface area contributed by atoms with Crippen molar-refractivity contribution in [1.29, 1.82) is 0 Å². The molecule has 0 aliphatic rings. The first-order valence-electron chi connectivity index (χ1n) is 8.40. The zero-order chi connectivity index (χ0) is 18.4. The molecule has 0 aliphatic carbocycles. The number of nitrogens with one attached hydrogen (secondary N) is 2. The Bertz CT molecular complexity index is 876. The Balaban J connectivity index is 1.66. The standard InChI is InChI=1S/C21H20N2O2S/c1-15(19-12-7-13-26-19)22-14-20(24)23-18-11-6-5-10-17(18)21(25)16-8-3-2-4-9-16/h2-13,15,22H,14H2,1H3,(H,23,24)/t15-/m0/s1. The van der Waals surface area contributed by atoms with Crippen molar-refractivity contribution in [2.24, 2.45) is 0 Å². The molecule has 2 aromatic carbocycles. The molecule has 0 radical (unpaired) electrons. The molecule has 3 aromatic rings. The van der Waals surface area contributed by atoms with Crippen LogP contribution in [-0.4, -0.2) is 18.2 Å². The molecule has 0 spiro atoms. The van der Waals surface area contributed by atoms with E-state index in [4.69, 9.17) is 0 Å². The van der Waals surface area contributed by atoms with E-state index >= 15 is 0 Å². The summed E-state index contributed by atoms with van der Waals surface area (Å²) in [4.78, 5) is 26.2. The number of benzene rings is 2. The Morgan fingerprint density at radius 3 is 2.42 bits per heavy atom. The second-order valence-corrected chi connectivity index (χ2v) is 6.89. The lowest BCUT2D eigenvalue weighted by molar-refractivity contribution is -0.115. The summed E-state index contributed by atoms with van der Waals surface area (Å²) in [5.41, 5.74) is 1.61. The molecule has 1 aromatic heterocycles. The van der Waals surface area contributed by atoms with Crippen molar-refractivity contribution in [3.8, 4) is 0 Å². The van der Waals surface area contributed by atoms with Gasteiger partial charge in [-0.1, -0.05) is 48.5 Å². The van der Waals surface area contributed by atoms with E-state index in [1.807, 2.05) is 42.6 Å².